The van der Waals surface area contributed by atoms with Crippen molar-refractivity contribution in [3.8, 4) is 0 Å². The van der Waals surface area contributed by atoms with Crippen molar-refractivity contribution in [2.24, 2.45) is 16.6 Å². The number of nitrogens with two attached hydrogens (primary N) is 1. The Morgan fingerprint density at radius 3 is 2.57 bits per heavy atom. The molecule has 1 aromatic rings. The van der Waals surface area contributed by atoms with Crippen molar-refractivity contribution < 1.29 is 0 Å². The van der Waals surface area contributed by atoms with Crippen LogP contribution in [0, 0.1) is 5.92 Å². The van der Waals surface area contributed by atoms with Gasteiger partial charge in [-0.05, 0) is 64.3 Å². The number of piperidine rings is 1. The van der Waals surface area contributed by atoms with E-state index in [0.717, 1.165) is 44.0 Å². The van der Waals surface area contributed by atoms with E-state index < -0.39 is 0 Å². The summed E-state index contributed by atoms with van der Waals surface area (Å²) in [6.45, 7) is 10.2. The van der Waals surface area contributed by atoms with Gasteiger partial charge < -0.3 is 11.1 Å². The number of hydrogen-bond acceptors (Lipinski definition) is 2. The van der Waals surface area contributed by atoms with Crippen molar-refractivity contribution in [1.29, 1.82) is 0 Å². The Kier molecular flexibility index (Phi) is 6.31. The monoisotopic (exact) mass is 336 g/mol. The van der Waals surface area contributed by atoms with Crippen LogP contribution in [0.4, 0.5) is 0 Å². The van der Waals surface area contributed by atoms with Crippen LogP contribution in [0.25, 0.3) is 0 Å². The fourth-order valence-corrected chi connectivity index (χ4v) is 3.04. The second-order valence-electron chi connectivity index (χ2n) is 7.41. The Morgan fingerprint density at radius 1 is 1.30 bits per heavy atom. The van der Waals surface area contributed by atoms with Gasteiger partial charge in [-0.2, -0.15) is 0 Å². The molecule has 0 spiro atoms. The van der Waals surface area contributed by atoms with Crippen LogP contribution in [0.1, 0.15) is 39.2 Å². The van der Waals surface area contributed by atoms with Crippen molar-refractivity contribution >= 4 is 17.6 Å². The van der Waals surface area contributed by atoms with Crippen molar-refractivity contribution in [3.63, 3.8) is 0 Å². The van der Waals surface area contributed by atoms with E-state index in [2.05, 4.69) is 42.0 Å². The molecule has 0 radical (unpaired) electrons. The average Bonchev–Trinajstić information content (AvgIpc) is 2.47. The number of rotatable bonds is 4. The van der Waals surface area contributed by atoms with E-state index in [1.807, 2.05) is 18.2 Å². The van der Waals surface area contributed by atoms with Crippen LogP contribution in [-0.2, 0) is 6.54 Å². The van der Waals surface area contributed by atoms with Crippen LogP contribution in [-0.4, -0.2) is 36.0 Å². The maximum absolute atomic E-state index is 6.24. The molecule has 1 aromatic carbocycles. The molecule has 0 unspecified atom stereocenters. The molecule has 0 aliphatic carbocycles. The lowest BCUT2D eigenvalue weighted by Crippen LogP contribution is -2.45. The molecule has 1 aliphatic rings. The van der Waals surface area contributed by atoms with Crippen molar-refractivity contribution in [2.45, 2.75) is 45.7 Å². The third-order valence-corrected chi connectivity index (χ3v) is 4.45. The van der Waals surface area contributed by atoms with Gasteiger partial charge in [0.25, 0.3) is 0 Å². The summed E-state index contributed by atoms with van der Waals surface area (Å²) in [5.74, 6) is 1.17. The van der Waals surface area contributed by atoms with Gasteiger partial charge in [0.05, 0.1) is 0 Å². The zero-order valence-electron chi connectivity index (χ0n) is 14.5. The first-order valence-corrected chi connectivity index (χ1v) is 8.75. The van der Waals surface area contributed by atoms with Gasteiger partial charge in [-0.25, -0.2) is 0 Å². The molecular weight excluding hydrogens is 308 g/mol. The molecule has 23 heavy (non-hydrogen) atoms. The zero-order chi connectivity index (χ0) is 16.9. The number of guanidine groups is 1. The van der Waals surface area contributed by atoms with E-state index in [1.165, 1.54) is 5.56 Å². The van der Waals surface area contributed by atoms with Crippen LogP contribution >= 0.6 is 11.6 Å². The fourth-order valence-electron chi connectivity index (χ4n) is 2.85. The highest BCUT2D eigenvalue weighted by atomic mass is 35.5. The minimum atomic E-state index is -0.0358. The largest absolute Gasteiger partial charge is 0.370 e. The minimum Gasteiger partial charge on any atom is -0.370 e. The summed E-state index contributed by atoms with van der Waals surface area (Å²) in [5.41, 5.74) is 7.11. The molecule has 4 nitrogen and oxygen atoms in total. The lowest BCUT2D eigenvalue weighted by molar-refractivity contribution is 0.180. The first-order valence-electron chi connectivity index (χ1n) is 8.37. The highest BCUT2D eigenvalue weighted by molar-refractivity contribution is 6.31. The van der Waals surface area contributed by atoms with E-state index in [4.69, 9.17) is 17.3 Å². The third-order valence-electron chi connectivity index (χ3n) is 4.08. The molecule has 0 atom stereocenters. The van der Waals surface area contributed by atoms with Crippen molar-refractivity contribution in [3.05, 3.63) is 34.9 Å². The SMILES string of the molecule is CC(C)(C)NC(N)=NCC1CCN(Cc2ccccc2Cl)CC1. The van der Waals surface area contributed by atoms with E-state index in [0.29, 0.717) is 11.9 Å². The predicted octanol–water partition coefficient (Wildman–Crippen LogP) is 3.25. The lowest BCUT2D eigenvalue weighted by Gasteiger charge is -2.31. The molecule has 3 N–H and O–H groups in total. The van der Waals surface area contributed by atoms with Crippen LogP contribution in [0.2, 0.25) is 5.02 Å². The number of hydrogen-bond donors (Lipinski definition) is 2. The summed E-state index contributed by atoms with van der Waals surface area (Å²) in [4.78, 5) is 6.97. The summed E-state index contributed by atoms with van der Waals surface area (Å²) >= 11 is 6.24. The zero-order valence-corrected chi connectivity index (χ0v) is 15.2. The van der Waals surface area contributed by atoms with E-state index in [-0.39, 0.29) is 5.54 Å². The van der Waals surface area contributed by atoms with E-state index in [1.54, 1.807) is 0 Å². The summed E-state index contributed by atoms with van der Waals surface area (Å²) in [6, 6.07) is 8.10. The number of nitrogens with zero attached hydrogens (tertiary/aromatic N) is 2. The number of likely N-dealkylation sites (tertiary alicyclic amines) is 1. The van der Waals surface area contributed by atoms with Gasteiger partial charge in [0.15, 0.2) is 5.96 Å². The Balaban J connectivity index is 1.76. The van der Waals surface area contributed by atoms with Gasteiger partial charge in [0.1, 0.15) is 0 Å². The summed E-state index contributed by atoms with van der Waals surface area (Å²) in [6.07, 6.45) is 2.33. The first-order chi connectivity index (χ1) is 10.8. The van der Waals surface area contributed by atoms with Crippen molar-refractivity contribution in [2.75, 3.05) is 19.6 Å². The normalized spacial score (nSPS) is 18.2. The second-order valence-corrected chi connectivity index (χ2v) is 7.82. The van der Waals surface area contributed by atoms with Gasteiger partial charge in [-0.1, -0.05) is 29.8 Å². The topological polar surface area (TPSA) is 53.6 Å². The molecule has 2 rings (SSSR count). The highest BCUT2D eigenvalue weighted by Crippen LogP contribution is 2.22. The smallest absolute Gasteiger partial charge is 0.188 e. The molecule has 0 bridgehead atoms. The molecule has 1 saturated heterocycles. The van der Waals surface area contributed by atoms with E-state index in [9.17, 15) is 0 Å². The van der Waals surface area contributed by atoms with Gasteiger partial charge >= 0.3 is 0 Å². The quantitative estimate of drug-likeness (QED) is 0.655. The third kappa shape index (κ3) is 6.40. The number of benzene rings is 1. The van der Waals surface area contributed by atoms with Crippen molar-refractivity contribution in [1.82, 2.24) is 10.2 Å². The van der Waals surface area contributed by atoms with Gasteiger partial charge in [-0.15, -0.1) is 0 Å². The Morgan fingerprint density at radius 2 is 1.96 bits per heavy atom. The summed E-state index contributed by atoms with van der Waals surface area (Å²) in [5, 5.41) is 4.07. The Bertz CT molecular complexity index is 528. The van der Waals surface area contributed by atoms with E-state index >= 15 is 0 Å². The van der Waals surface area contributed by atoms with Gasteiger partial charge in [0.2, 0.25) is 0 Å². The predicted molar refractivity (Wildman–Crippen MR) is 98.8 cm³/mol. The number of halogens is 1. The summed E-state index contributed by atoms with van der Waals surface area (Å²) < 4.78 is 0. The molecule has 0 aromatic heterocycles. The first kappa shape index (κ1) is 18.1. The molecule has 1 aliphatic heterocycles. The maximum Gasteiger partial charge on any atom is 0.188 e. The molecular formula is C18H29ClN4. The van der Waals surface area contributed by atoms with Crippen LogP contribution in [0.3, 0.4) is 0 Å². The minimum absolute atomic E-state index is 0.0358. The molecule has 5 heteroatoms. The number of nitrogens with one attached hydrogen (secondary N) is 1. The summed E-state index contributed by atoms with van der Waals surface area (Å²) in [7, 11) is 0. The molecule has 0 saturated carbocycles. The number of aliphatic imine (C=N–C) groups is 1. The fraction of sp³-hybridized carbons (Fsp3) is 0.611. The van der Waals surface area contributed by atoms with Crippen LogP contribution in [0.5, 0.6) is 0 Å². The maximum atomic E-state index is 6.24. The van der Waals surface area contributed by atoms with Gasteiger partial charge in [-0.3, -0.25) is 9.89 Å². The average molecular weight is 337 g/mol. The highest BCUT2D eigenvalue weighted by Gasteiger charge is 2.20. The second kappa shape index (κ2) is 8.02. The Labute approximate surface area is 145 Å². The lowest BCUT2D eigenvalue weighted by atomic mass is 9.96. The standard InChI is InChI=1S/C18H29ClN4/c1-18(2,3)22-17(20)21-12-14-8-10-23(11-9-14)13-15-6-4-5-7-16(15)19/h4-7,14H,8-13H2,1-3H3,(H3,20,21,22). The molecule has 128 valence electrons. The molecule has 1 fully saturated rings. The van der Waals surface area contributed by atoms with Crippen LogP contribution in [0.15, 0.2) is 29.3 Å². The molecule has 0 amide bonds. The molecule has 1 heterocycles. The Hall–Kier alpha value is -1.26. The van der Waals surface area contributed by atoms with Crippen LogP contribution < -0.4 is 11.1 Å². The van der Waals surface area contributed by atoms with Gasteiger partial charge in [0, 0.05) is 23.7 Å².